The van der Waals surface area contributed by atoms with E-state index in [2.05, 4.69) is 58.9 Å². The van der Waals surface area contributed by atoms with Gasteiger partial charge in [0.2, 0.25) is 0 Å². The molecule has 0 aromatic rings. The zero-order valence-electron chi connectivity index (χ0n) is 29.0. The molecule has 2 saturated heterocycles. The van der Waals surface area contributed by atoms with E-state index in [1.807, 2.05) is 6.92 Å². The molecule has 2 aliphatic carbocycles. The number of hydrogen-bond acceptors (Lipinski definition) is 6. The molecule has 4 aliphatic rings. The highest BCUT2D eigenvalue weighted by molar-refractivity contribution is 4.92. The van der Waals surface area contributed by atoms with Gasteiger partial charge in [0.1, 0.15) is 0 Å². The third-order valence-corrected chi connectivity index (χ3v) is 11.4. The molecule has 12 atom stereocenters. The van der Waals surface area contributed by atoms with Gasteiger partial charge in [0, 0.05) is 14.2 Å². The monoisotopic (exact) mass is 598 g/mol. The van der Waals surface area contributed by atoms with Crippen molar-refractivity contribution < 1.29 is 24.5 Å². The van der Waals surface area contributed by atoms with Gasteiger partial charge in [-0.15, -0.1) is 0 Å². The van der Waals surface area contributed by atoms with E-state index in [9.17, 15) is 0 Å². The van der Waals surface area contributed by atoms with Gasteiger partial charge in [-0.2, -0.15) is 0 Å². The molecule has 6 heteroatoms. The number of ether oxygens (including phenoxy) is 2. The number of rotatable bonds is 7. The molecule has 0 aromatic heterocycles. The minimum atomic E-state index is 0.458. The lowest BCUT2D eigenvalue weighted by Gasteiger charge is -2.45. The van der Waals surface area contributed by atoms with Gasteiger partial charge in [-0.1, -0.05) is 65.5 Å². The van der Waals surface area contributed by atoms with Crippen LogP contribution in [0.25, 0.3) is 0 Å². The Morgan fingerprint density at radius 2 is 1.07 bits per heavy atom. The van der Waals surface area contributed by atoms with Gasteiger partial charge in [-0.05, 0) is 118 Å². The normalized spacial score (nSPS) is 37.6. The Balaban J connectivity index is 0.000000775. The first-order chi connectivity index (χ1) is 20.1. The van der Waals surface area contributed by atoms with Crippen molar-refractivity contribution in [2.75, 3.05) is 34.0 Å². The molecule has 2 aliphatic heterocycles. The van der Waals surface area contributed by atoms with E-state index in [0.717, 1.165) is 92.2 Å². The minimum Gasteiger partial charge on any atom is -0.400 e. The second kappa shape index (κ2) is 21.3. The van der Waals surface area contributed by atoms with Crippen LogP contribution >= 0.6 is 0 Å². The summed E-state index contributed by atoms with van der Waals surface area (Å²) in [5.74, 6) is 13.4. The summed E-state index contributed by atoms with van der Waals surface area (Å²) in [5.41, 5.74) is 0.942. The molecule has 0 radical (unpaired) electrons. The van der Waals surface area contributed by atoms with Crippen molar-refractivity contribution in [2.24, 2.45) is 65.1 Å². The number of aliphatic hydroxyl groups is 2. The number of nitrogens with two attached hydrogens (primary N) is 1. The molecule has 0 bridgehead atoms. The van der Waals surface area contributed by atoms with Crippen molar-refractivity contribution in [3.8, 4) is 0 Å². The summed E-state index contributed by atoms with van der Waals surface area (Å²) in [5, 5.41) is 14.0. The summed E-state index contributed by atoms with van der Waals surface area (Å²) in [6, 6.07) is 0. The molecule has 2 heterocycles. The van der Waals surface area contributed by atoms with Gasteiger partial charge in [0.05, 0.1) is 32.0 Å². The maximum Gasteiger partial charge on any atom is 0.0884 e. The van der Waals surface area contributed by atoms with Crippen LogP contribution in [-0.2, 0) is 14.3 Å². The third-order valence-electron chi connectivity index (χ3n) is 11.4. The molecule has 4 fully saturated rings. The van der Waals surface area contributed by atoms with Gasteiger partial charge in [0.15, 0.2) is 0 Å². The minimum absolute atomic E-state index is 0.458. The Morgan fingerprint density at radius 3 is 1.38 bits per heavy atom. The van der Waals surface area contributed by atoms with Crippen LogP contribution < -0.4 is 5.90 Å². The van der Waals surface area contributed by atoms with Crippen LogP contribution in [0.1, 0.15) is 113 Å². The summed E-state index contributed by atoms with van der Waals surface area (Å²) in [6.07, 6.45) is 14.9. The van der Waals surface area contributed by atoms with Crippen molar-refractivity contribution in [2.45, 2.75) is 125 Å². The number of aliphatic hydroxyl groups excluding tert-OH is 2. The predicted octanol–water partition coefficient (Wildman–Crippen LogP) is 7.66. The third kappa shape index (κ3) is 12.1. The Kier molecular flexibility index (Phi) is 20.0. The Hall–Kier alpha value is -0.500. The van der Waals surface area contributed by atoms with E-state index >= 15 is 0 Å². The lowest BCUT2D eigenvalue weighted by atomic mass is 9.60. The molecular weight excluding hydrogens is 526 g/mol. The first-order valence-electron chi connectivity index (χ1n) is 17.2. The van der Waals surface area contributed by atoms with Crippen LogP contribution in [0.15, 0.2) is 12.2 Å². The van der Waals surface area contributed by atoms with E-state index in [-0.39, 0.29) is 0 Å². The van der Waals surface area contributed by atoms with E-state index in [4.69, 9.17) is 19.7 Å². The second-order valence-corrected chi connectivity index (χ2v) is 14.3. The fourth-order valence-electron chi connectivity index (χ4n) is 8.82. The fourth-order valence-corrected chi connectivity index (χ4v) is 8.82. The summed E-state index contributed by atoms with van der Waals surface area (Å²) in [6.45, 7) is 22.7. The molecule has 42 heavy (non-hydrogen) atoms. The van der Waals surface area contributed by atoms with Crippen LogP contribution in [0, 0.1) is 59.2 Å². The fraction of sp³-hybridized carbons (Fsp3) is 0.944. The average molecular weight is 598 g/mol. The van der Waals surface area contributed by atoms with E-state index in [1.165, 1.54) is 64.2 Å². The Bertz CT molecular complexity index is 654. The lowest BCUT2D eigenvalue weighted by molar-refractivity contribution is -0.0176. The number of fused-ring (bicyclic) bond motifs is 2. The molecular formula is C36H71NO5. The van der Waals surface area contributed by atoms with Crippen LogP contribution in [0.4, 0.5) is 0 Å². The second-order valence-electron chi connectivity index (χ2n) is 14.3. The highest BCUT2D eigenvalue weighted by Crippen LogP contribution is 2.49. The van der Waals surface area contributed by atoms with Gasteiger partial charge in [-0.25, -0.2) is 5.90 Å². The summed E-state index contributed by atoms with van der Waals surface area (Å²) in [7, 11) is 2.00. The maximum absolute atomic E-state index is 7.00. The number of hydrogen-bond donors (Lipinski definition) is 3. The van der Waals surface area contributed by atoms with Crippen molar-refractivity contribution in [3.63, 3.8) is 0 Å². The topological polar surface area (TPSA) is 94.2 Å². The smallest absolute Gasteiger partial charge is 0.0884 e. The summed E-state index contributed by atoms with van der Waals surface area (Å²) < 4.78 is 12.6. The van der Waals surface area contributed by atoms with Crippen molar-refractivity contribution >= 4 is 0 Å². The van der Waals surface area contributed by atoms with E-state index in [1.54, 1.807) is 0 Å². The lowest BCUT2D eigenvalue weighted by Crippen LogP contribution is -2.39. The average Bonchev–Trinajstić information content (AvgIpc) is 3.31. The van der Waals surface area contributed by atoms with Gasteiger partial charge in [0.25, 0.3) is 0 Å². The largest absolute Gasteiger partial charge is 0.400 e. The maximum atomic E-state index is 7.00. The van der Waals surface area contributed by atoms with Crippen LogP contribution in [-0.4, -0.2) is 56.5 Å². The van der Waals surface area contributed by atoms with Gasteiger partial charge >= 0.3 is 0 Å². The Morgan fingerprint density at radius 1 is 0.690 bits per heavy atom. The van der Waals surface area contributed by atoms with E-state index < -0.39 is 0 Å². The molecule has 4 rings (SSSR count). The van der Waals surface area contributed by atoms with Crippen molar-refractivity contribution in [3.05, 3.63) is 12.2 Å². The zero-order valence-corrected chi connectivity index (χ0v) is 29.0. The highest BCUT2D eigenvalue weighted by Gasteiger charge is 2.43. The summed E-state index contributed by atoms with van der Waals surface area (Å²) in [4.78, 5) is 4.20. The molecule has 250 valence electrons. The molecule has 6 nitrogen and oxygen atoms in total. The van der Waals surface area contributed by atoms with Crippen LogP contribution in [0.5, 0.6) is 0 Å². The first kappa shape index (κ1) is 39.5. The zero-order chi connectivity index (χ0) is 31.8. The Labute approximate surface area is 260 Å². The molecule has 2 saturated carbocycles. The molecule has 0 aromatic carbocycles. The molecule has 0 amide bonds. The van der Waals surface area contributed by atoms with Crippen molar-refractivity contribution in [1.29, 1.82) is 0 Å². The quantitative estimate of drug-likeness (QED) is 0.206. The first-order valence-corrected chi connectivity index (χ1v) is 17.2. The summed E-state index contributed by atoms with van der Waals surface area (Å²) >= 11 is 0. The van der Waals surface area contributed by atoms with Gasteiger partial charge in [-0.3, -0.25) is 0 Å². The van der Waals surface area contributed by atoms with Crippen molar-refractivity contribution in [1.82, 2.24) is 0 Å². The SMILES string of the molecule is C=C(C)CON.CC1CCC2C(CO1)[C@H](C(C)CCC(C)[C@@H]1CC[C@@H](C)C3CCC(C)OCC31)CC[C@H]2C.CO.CO. The molecule has 4 N–H and O–H groups in total. The van der Waals surface area contributed by atoms with Crippen LogP contribution in [0.3, 0.4) is 0 Å². The van der Waals surface area contributed by atoms with E-state index in [0.29, 0.717) is 18.8 Å². The highest BCUT2D eigenvalue weighted by atomic mass is 16.6. The molecule has 8 unspecified atom stereocenters. The molecule has 0 spiro atoms. The predicted molar refractivity (Wildman–Crippen MR) is 176 cm³/mol. The van der Waals surface area contributed by atoms with Crippen LogP contribution in [0.2, 0.25) is 0 Å². The standard InChI is InChI=1S/C30H54O2.C4H9NO.2CH4O/c1-19(25-13-9-21(3)27-15-11-23(5)31-17-29(25)27)7-8-20(2)26-14-10-22(4)28-16-12-24(6)32-18-30(26)28;1-4(2)3-6-5;2*1-2/h19-30H,7-18H2,1-6H3;1,3,5H2,2H3;2*2H,1H3/t19?,20?,21-,22-,23?,24?,25+,26+,27?,28?,29?,30?;;;/m1.../s1. The van der Waals surface area contributed by atoms with Gasteiger partial charge < -0.3 is 24.5 Å².